The van der Waals surface area contributed by atoms with E-state index in [2.05, 4.69) is 15.6 Å². The summed E-state index contributed by atoms with van der Waals surface area (Å²) < 4.78 is 3.23. The third-order valence-corrected chi connectivity index (χ3v) is 6.42. The molecular weight excluding hydrogens is 484 g/mol. The largest absolute Gasteiger partial charge is 0.329 e. The van der Waals surface area contributed by atoms with Gasteiger partial charge in [0, 0.05) is 17.1 Å². The average molecular weight is 511 g/mol. The molecule has 0 bridgehead atoms. The molecule has 1 aliphatic rings. The van der Waals surface area contributed by atoms with Gasteiger partial charge in [-0.2, -0.15) is 4.68 Å². The van der Waals surface area contributed by atoms with E-state index >= 15 is 0 Å². The first-order valence-electron chi connectivity index (χ1n) is 12.0. The van der Waals surface area contributed by atoms with Gasteiger partial charge in [-0.3, -0.25) is 19.1 Å². The van der Waals surface area contributed by atoms with Crippen LogP contribution in [-0.2, 0) is 9.59 Å². The molecule has 10 heteroatoms. The van der Waals surface area contributed by atoms with Gasteiger partial charge in [0.1, 0.15) is 18.1 Å². The molecule has 2 aromatic carbocycles. The van der Waals surface area contributed by atoms with E-state index in [9.17, 15) is 19.2 Å². The van der Waals surface area contributed by atoms with Crippen LogP contribution in [0.15, 0.2) is 65.1 Å². The Morgan fingerprint density at radius 1 is 0.974 bits per heavy atom. The highest BCUT2D eigenvalue weighted by Gasteiger charge is 2.35. The van der Waals surface area contributed by atoms with Crippen molar-refractivity contribution in [3.63, 3.8) is 0 Å². The van der Waals surface area contributed by atoms with Crippen molar-refractivity contribution >= 4 is 40.5 Å². The van der Waals surface area contributed by atoms with Crippen molar-refractivity contribution in [3.05, 3.63) is 99.0 Å². The molecule has 5 rings (SSSR count). The van der Waals surface area contributed by atoms with Crippen molar-refractivity contribution in [1.29, 1.82) is 0 Å². The number of anilines is 1. The summed E-state index contributed by atoms with van der Waals surface area (Å²) >= 11 is 0. The zero-order valence-electron chi connectivity index (χ0n) is 21.4. The van der Waals surface area contributed by atoms with Crippen LogP contribution in [0, 0.1) is 27.7 Å². The van der Waals surface area contributed by atoms with E-state index in [1.165, 1.54) is 4.68 Å². The van der Waals surface area contributed by atoms with Crippen LogP contribution in [-0.4, -0.2) is 43.6 Å². The lowest BCUT2D eigenvalue weighted by Gasteiger charge is -2.16. The summed E-state index contributed by atoms with van der Waals surface area (Å²) in [7, 11) is 0. The van der Waals surface area contributed by atoms with Gasteiger partial charge in [0.2, 0.25) is 5.91 Å². The summed E-state index contributed by atoms with van der Waals surface area (Å²) in [5.41, 5.74) is 4.04. The molecule has 0 spiro atoms. The Morgan fingerprint density at radius 3 is 2.50 bits per heavy atom. The summed E-state index contributed by atoms with van der Waals surface area (Å²) in [6, 6.07) is 15.5. The third kappa shape index (κ3) is 4.36. The van der Waals surface area contributed by atoms with E-state index in [1.807, 2.05) is 39.0 Å². The molecule has 1 saturated heterocycles. The second kappa shape index (κ2) is 9.47. The van der Waals surface area contributed by atoms with Gasteiger partial charge < -0.3 is 10.6 Å². The summed E-state index contributed by atoms with van der Waals surface area (Å²) in [6.45, 7) is 6.88. The molecule has 0 saturated carbocycles. The first kappa shape index (κ1) is 24.7. The first-order chi connectivity index (χ1) is 18.1. The lowest BCUT2D eigenvalue weighted by molar-refractivity contribution is -0.127. The highest BCUT2D eigenvalue weighted by atomic mass is 16.2. The molecule has 4 aromatic rings. The molecule has 38 heavy (non-hydrogen) atoms. The second-order valence-corrected chi connectivity index (χ2v) is 9.23. The molecule has 2 aromatic heterocycles. The van der Waals surface area contributed by atoms with E-state index < -0.39 is 24.4 Å². The quantitative estimate of drug-likeness (QED) is 0.316. The number of hydrogen-bond acceptors (Lipinski definition) is 5. The Labute approximate surface area is 218 Å². The number of carbonyl (C=O) groups excluding carboxylic acids is 3. The van der Waals surface area contributed by atoms with E-state index in [1.54, 1.807) is 54.1 Å². The molecule has 4 amide bonds. The summed E-state index contributed by atoms with van der Waals surface area (Å²) in [5.74, 6) is -0.595. The number of nitrogens with one attached hydrogen (secondary N) is 2. The number of nitrogens with zero attached hydrogens (tertiary/aromatic N) is 4. The lowest BCUT2D eigenvalue weighted by Crippen LogP contribution is -2.38. The fourth-order valence-electron chi connectivity index (χ4n) is 4.64. The molecule has 0 unspecified atom stereocenters. The lowest BCUT2D eigenvalue weighted by atomic mass is 10.2. The number of rotatable bonds is 5. The maximum atomic E-state index is 13.3. The fraction of sp³-hybridized carbons (Fsp3) is 0.179. The van der Waals surface area contributed by atoms with Gasteiger partial charge in [0.05, 0.1) is 10.9 Å². The number of para-hydroxylation sites is 1. The Morgan fingerprint density at radius 2 is 1.74 bits per heavy atom. The molecular formula is C28H26N6O4. The van der Waals surface area contributed by atoms with Crippen LogP contribution < -0.4 is 16.2 Å². The summed E-state index contributed by atoms with van der Waals surface area (Å²) in [4.78, 5) is 56.8. The average Bonchev–Trinajstić information content (AvgIpc) is 3.28. The van der Waals surface area contributed by atoms with Crippen LogP contribution in [0.3, 0.4) is 0 Å². The van der Waals surface area contributed by atoms with Gasteiger partial charge in [-0.25, -0.2) is 14.7 Å². The maximum Gasteiger partial charge on any atom is 0.329 e. The third-order valence-electron chi connectivity index (χ3n) is 6.42. The smallest absolute Gasteiger partial charge is 0.325 e. The highest BCUT2D eigenvalue weighted by Crippen LogP contribution is 2.21. The molecule has 0 radical (unpaired) electrons. The zero-order valence-corrected chi connectivity index (χ0v) is 21.4. The van der Waals surface area contributed by atoms with E-state index in [-0.39, 0.29) is 11.3 Å². The van der Waals surface area contributed by atoms with Crippen LogP contribution in [0.4, 0.5) is 10.5 Å². The Kier molecular flexibility index (Phi) is 6.15. The predicted molar refractivity (Wildman–Crippen MR) is 143 cm³/mol. The van der Waals surface area contributed by atoms with Crippen molar-refractivity contribution in [2.24, 2.45) is 0 Å². The fourth-order valence-corrected chi connectivity index (χ4v) is 4.64. The molecule has 1 aliphatic heterocycles. The van der Waals surface area contributed by atoms with E-state index in [0.717, 1.165) is 16.2 Å². The standard InChI is InChI=1S/C28H26N6O4/c1-16-8-7-9-21(12-16)30-25(35)15-32-27(37)24(31-28(32)38)14-20-13-17(2)33(18(20)3)34-19(4)29-23-11-6-5-10-22(23)26(34)36/h5-14H,15H2,1-4H3,(H,30,35)(H,31,38). The normalized spacial score (nSPS) is 14.4. The number of fused-ring (bicyclic) bond motifs is 1. The number of urea groups is 1. The van der Waals surface area contributed by atoms with Gasteiger partial charge in [-0.15, -0.1) is 0 Å². The van der Waals surface area contributed by atoms with Gasteiger partial charge in [-0.1, -0.05) is 24.3 Å². The van der Waals surface area contributed by atoms with E-state index in [4.69, 9.17) is 0 Å². The molecule has 2 N–H and O–H groups in total. The van der Waals surface area contributed by atoms with Crippen molar-refractivity contribution in [1.82, 2.24) is 24.6 Å². The molecule has 0 aliphatic carbocycles. The minimum atomic E-state index is -0.680. The molecule has 10 nitrogen and oxygen atoms in total. The van der Waals surface area contributed by atoms with Crippen LogP contribution in [0.1, 0.15) is 28.3 Å². The minimum Gasteiger partial charge on any atom is -0.325 e. The monoisotopic (exact) mass is 510 g/mol. The highest BCUT2D eigenvalue weighted by molar-refractivity contribution is 6.16. The SMILES string of the molecule is Cc1cccc(NC(=O)CN2C(=O)NC(=Cc3cc(C)n(-n4c(C)nc5ccccc5c4=O)c3C)C2=O)c1. The van der Waals surface area contributed by atoms with Crippen LogP contribution in [0.25, 0.3) is 17.0 Å². The topological polar surface area (TPSA) is 118 Å². The van der Waals surface area contributed by atoms with E-state index in [0.29, 0.717) is 33.7 Å². The number of amides is 4. The van der Waals surface area contributed by atoms with Gasteiger partial charge in [0.15, 0.2) is 0 Å². The summed E-state index contributed by atoms with van der Waals surface area (Å²) in [6.07, 6.45) is 1.55. The molecule has 1 fully saturated rings. The Bertz CT molecular complexity index is 1730. The number of benzene rings is 2. The Balaban J connectivity index is 1.43. The maximum absolute atomic E-state index is 13.3. The first-order valence-corrected chi connectivity index (χ1v) is 12.0. The van der Waals surface area contributed by atoms with Gasteiger partial charge in [-0.05, 0) is 75.2 Å². The molecule has 0 atom stereocenters. The number of carbonyl (C=O) groups is 3. The predicted octanol–water partition coefficient (Wildman–Crippen LogP) is 3.27. The summed E-state index contributed by atoms with van der Waals surface area (Å²) in [5, 5.41) is 5.74. The van der Waals surface area contributed by atoms with Crippen molar-refractivity contribution < 1.29 is 14.4 Å². The van der Waals surface area contributed by atoms with Crippen LogP contribution in [0.5, 0.6) is 0 Å². The van der Waals surface area contributed by atoms with Crippen molar-refractivity contribution in [2.45, 2.75) is 27.7 Å². The minimum absolute atomic E-state index is 0.0410. The Hall–Kier alpha value is -4.99. The number of imide groups is 1. The number of aryl methyl sites for hydroxylation is 3. The number of hydrogen-bond donors (Lipinski definition) is 2. The zero-order chi connectivity index (χ0) is 27.1. The van der Waals surface area contributed by atoms with Crippen molar-refractivity contribution in [3.8, 4) is 0 Å². The van der Waals surface area contributed by atoms with Crippen LogP contribution in [0.2, 0.25) is 0 Å². The number of aromatic nitrogens is 3. The molecule has 3 heterocycles. The van der Waals surface area contributed by atoms with Gasteiger partial charge in [0.25, 0.3) is 11.5 Å². The second-order valence-electron chi connectivity index (χ2n) is 9.23. The van der Waals surface area contributed by atoms with Crippen molar-refractivity contribution in [2.75, 3.05) is 11.9 Å². The molecule has 192 valence electrons. The van der Waals surface area contributed by atoms with Crippen LogP contribution >= 0.6 is 0 Å². The van der Waals surface area contributed by atoms with Gasteiger partial charge >= 0.3 is 6.03 Å².